The number of aromatic nitrogens is 2. The third-order valence-corrected chi connectivity index (χ3v) is 4.36. The van der Waals surface area contributed by atoms with Crippen molar-refractivity contribution in [2.75, 3.05) is 11.9 Å². The number of anilines is 1. The van der Waals surface area contributed by atoms with Crippen molar-refractivity contribution < 1.29 is 0 Å². The summed E-state index contributed by atoms with van der Waals surface area (Å²) in [7, 11) is 0. The molecule has 0 amide bonds. The highest BCUT2D eigenvalue weighted by Crippen LogP contribution is 2.26. The van der Waals surface area contributed by atoms with Gasteiger partial charge in [0, 0.05) is 23.4 Å². The number of hydrogen-bond acceptors (Lipinski definition) is 4. The maximum atomic E-state index is 6.26. The monoisotopic (exact) mass is 322 g/mol. The Morgan fingerprint density at radius 3 is 2.29 bits per heavy atom. The molecule has 0 radical (unpaired) electrons. The van der Waals surface area contributed by atoms with E-state index in [2.05, 4.69) is 43.4 Å². The number of nitrogens with two attached hydrogens (primary N) is 1. The molecule has 0 aliphatic heterocycles. The van der Waals surface area contributed by atoms with Crippen LogP contribution in [0.2, 0.25) is 0 Å². The molecule has 3 N–H and O–H groups in total. The molecule has 2 aromatic heterocycles. The fraction of sp³-hybridized carbons (Fsp3) is 0.400. The normalized spacial score (nSPS) is 12.6. The van der Waals surface area contributed by atoms with E-state index in [1.54, 1.807) is 0 Å². The zero-order valence-corrected chi connectivity index (χ0v) is 14.5. The summed E-state index contributed by atoms with van der Waals surface area (Å²) in [5, 5.41) is 5.61. The van der Waals surface area contributed by atoms with Crippen LogP contribution < -0.4 is 11.1 Å². The van der Waals surface area contributed by atoms with Gasteiger partial charge < -0.3 is 11.1 Å². The molecule has 126 valence electrons. The van der Waals surface area contributed by atoms with E-state index in [4.69, 9.17) is 15.7 Å². The largest absolute Gasteiger partial charge is 0.370 e. The van der Waals surface area contributed by atoms with E-state index in [1.165, 1.54) is 6.42 Å². The third kappa shape index (κ3) is 3.49. The van der Waals surface area contributed by atoms with Gasteiger partial charge in [0.05, 0.1) is 16.7 Å². The quantitative estimate of drug-likeness (QED) is 0.484. The summed E-state index contributed by atoms with van der Waals surface area (Å²) in [6, 6.07) is 12.5. The Morgan fingerprint density at radius 2 is 1.58 bits per heavy atom. The van der Waals surface area contributed by atoms with Crippen LogP contribution in [0.3, 0.4) is 0 Å². The Bertz CT molecular complexity index is 828. The van der Waals surface area contributed by atoms with Crippen molar-refractivity contribution >= 4 is 27.6 Å². The minimum atomic E-state index is -0.0134. The van der Waals surface area contributed by atoms with E-state index in [0.29, 0.717) is 0 Å². The lowest BCUT2D eigenvalue weighted by Crippen LogP contribution is -2.11. The Morgan fingerprint density at radius 1 is 0.917 bits per heavy atom. The first-order valence-electron chi connectivity index (χ1n) is 8.92. The highest BCUT2D eigenvalue weighted by atomic mass is 15.0. The molecule has 0 aliphatic carbocycles. The fourth-order valence-corrected chi connectivity index (χ4v) is 2.94. The number of pyridine rings is 2. The molecule has 0 aliphatic rings. The first-order chi connectivity index (χ1) is 11.7. The summed E-state index contributed by atoms with van der Waals surface area (Å²) in [5.74, 6) is 0.911. The fourth-order valence-electron chi connectivity index (χ4n) is 2.94. The van der Waals surface area contributed by atoms with Crippen LogP contribution in [0.15, 0.2) is 36.4 Å². The molecule has 0 saturated heterocycles. The van der Waals surface area contributed by atoms with Crippen LogP contribution in [0.1, 0.15) is 51.3 Å². The lowest BCUT2D eigenvalue weighted by Gasteiger charge is -2.12. The Labute approximate surface area is 143 Å². The number of nitrogens with zero attached hydrogens (tertiary/aromatic N) is 2. The molecular weight excluding hydrogens is 296 g/mol. The summed E-state index contributed by atoms with van der Waals surface area (Å²) in [4.78, 5) is 9.65. The van der Waals surface area contributed by atoms with Crippen LogP contribution in [0.5, 0.6) is 0 Å². The van der Waals surface area contributed by atoms with Gasteiger partial charge in [0.15, 0.2) is 0 Å². The predicted octanol–water partition coefficient (Wildman–Crippen LogP) is 4.79. The topological polar surface area (TPSA) is 63.8 Å². The molecule has 1 aromatic carbocycles. The van der Waals surface area contributed by atoms with Gasteiger partial charge in [-0.1, -0.05) is 44.9 Å². The molecule has 2 heterocycles. The van der Waals surface area contributed by atoms with Crippen molar-refractivity contribution in [3.63, 3.8) is 0 Å². The SMILES string of the molecule is CCCCNc1ccc2ccc3ccc(C(N)CCC)nc3c2n1. The highest BCUT2D eigenvalue weighted by Gasteiger charge is 2.10. The second-order valence-electron chi connectivity index (χ2n) is 6.32. The molecule has 24 heavy (non-hydrogen) atoms. The molecule has 1 atom stereocenters. The summed E-state index contributed by atoms with van der Waals surface area (Å²) in [6.45, 7) is 5.28. The van der Waals surface area contributed by atoms with Gasteiger partial charge >= 0.3 is 0 Å². The summed E-state index contributed by atoms with van der Waals surface area (Å²) >= 11 is 0. The Hall–Kier alpha value is -2.20. The average Bonchev–Trinajstić information content (AvgIpc) is 2.61. The van der Waals surface area contributed by atoms with Gasteiger partial charge in [-0.2, -0.15) is 0 Å². The maximum Gasteiger partial charge on any atom is 0.126 e. The van der Waals surface area contributed by atoms with Crippen molar-refractivity contribution in [1.29, 1.82) is 0 Å². The molecule has 0 fully saturated rings. The molecule has 4 heteroatoms. The second-order valence-corrected chi connectivity index (χ2v) is 6.32. The minimum Gasteiger partial charge on any atom is -0.370 e. The van der Waals surface area contributed by atoms with Gasteiger partial charge in [0.2, 0.25) is 0 Å². The third-order valence-electron chi connectivity index (χ3n) is 4.36. The maximum absolute atomic E-state index is 6.26. The van der Waals surface area contributed by atoms with Gasteiger partial charge in [0.25, 0.3) is 0 Å². The van der Waals surface area contributed by atoms with Gasteiger partial charge in [-0.25, -0.2) is 9.97 Å². The molecule has 4 nitrogen and oxygen atoms in total. The number of fused-ring (bicyclic) bond motifs is 3. The van der Waals surface area contributed by atoms with E-state index in [1.807, 2.05) is 12.1 Å². The van der Waals surface area contributed by atoms with Gasteiger partial charge in [0.1, 0.15) is 5.82 Å². The number of hydrogen-bond donors (Lipinski definition) is 2. The predicted molar refractivity (Wildman–Crippen MR) is 102 cm³/mol. The molecule has 3 aromatic rings. The number of benzene rings is 1. The molecule has 0 spiro atoms. The van der Waals surface area contributed by atoms with E-state index in [0.717, 1.165) is 59.1 Å². The van der Waals surface area contributed by atoms with Crippen LogP contribution >= 0.6 is 0 Å². The number of nitrogens with one attached hydrogen (secondary N) is 1. The van der Waals surface area contributed by atoms with E-state index in [-0.39, 0.29) is 6.04 Å². The van der Waals surface area contributed by atoms with Crippen molar-refractivity contribution in [1.82, 2.24) is 9.97 Å². The van der Waals surface area contributed by atoms with Crippen molar-refractivity contribution in [3.05, 3.63) is 42.1 Å². The van der Waals surface area contributed by atoms with E-state index >= 15 is 0 Å². The first kappa shape index (κ1) is 16.7. The number of unbranched alkanes of at least 4 members (excludes halogenated alkanes) is 1. The van der Waals surface area contributed by atoms with Crippen LogP contribution in [0.4, 0.5) is 5.82 Å². The van der Waals surface area contributed by atoms with E-state index in [9.17, 15) is 0 Å². The molecular formula is C20H26N4. The van der Waals surface area contributed by atoms with E-state index < -0.39 is 0 Å². The minimum absolute atomic E-state index is 0.0134. The molecule has 0 saturated carbocycles. The summed E-state index contributed by atoms with van der Waals surface area (Å²) in [5.41, 5.74) is 9.09. The standard InChI is InChI=1S/C20H26N4/c1-3-5-13-22-18-12-10-15-8-7-14-9-11-17(16(21)6-4-2)23-19(14)20(15)24-18/h7-12,16H,3-6,13,21H2,1-2H3,(H,22,24). The number of rotatable bonds is 7. The van der Waals surface area contributed by atoms with Gasteiger partial charge in [-0.05, 0) is 31.0 Å². The Kier molecular flexibility index (Phi) is 5.26. The van der Waals surface area contributed by atoms with Gasteiger partial charge in [-0.15, -0.1) is 0 Å². The van der Waals surface area contributed by atoms with Crippen LogP contribution in [0, 0.1) is 0 Å². The molecule has 1 unspecified atom stereocenters. The molecule has 3 rings (SSSR count). The van der Waals surface area contributed by atoms with Crippen LogP contribution in [-0.2, 0) is 0 Å². The van der Waals surface area contributed by atoms with Crippen LogP contribution in [-0.4, -0.2) is 16.5 Å². The first-order valence-corrected chi connectivity index (χ1v) is 8.92. The Balaban J connectivity index is 2.05. The zero-order valence-electron chi connectivity index (χ0n) is 14.5. The summed E-state index contributed by atoms with van der Waals surface area (Å²) in [6.07, 6.45) is 4.31. The average molecular weight is 322 g/mol. The second kappa shape index (κ2) is 7.58. The van der Waals surface area contributed by atoms with Crippen molar-refractivity contribution in [2.45, 2.75) is 45.6 Å². The smallest absolute Gasteiger partial charge is 0.126 e. The zero-order chi connectivity index (χ0) is 16.9. The lowest BCUT2D eigenvalue weighted by atomic mass is 10.1. The summed E-state index contributed by atoms with van der Waals surface area (Å²) < 4.78 is 0. The molecule has 0 bridgehead atoms. The van der Waals surface area contributed by atoms with Crippen LogP contribution in [0.25, 0.3) is 21.8 Å². The van der Waals surface area contributed by atoms with Crippen molar-refractivity contribution in [2.24, 2.45) is 5.73 Å². The van der Waals surface area contributed by atoms with Gasteiger partial charge in [-0.3, -0.25) is 0 Å². The highest BCUT2D eigenvalue weighted by molar-refractivity contribution is 6.03. The lowest BCUT2D eigenvalue weighted by molar-refractivity contribution is 0.624. The van der Waals surface area contributed by atoms with Crippen molar-refractivity contribution in [3.8, 4) is 0 Å².